The molecule has 1 saturated heterocycles. The van der Waals surface area contributed by atoms with E-state index in [1.165, 1.54) is 41.3 Å². The SMILES string of the molecule is COc1cc2c3c(c4ccc(O)cc4c2cc1OC)CN1CCC[C@H]1C3.O=C(O)CCC(=O)O. The number of carboxylic acid groups (broad SMARTS) is 2. The van der Waals surface area contributed by atoms with E-state index in [-0.39, 0.29) is 12.8 Å². The molecule has 34 heavy (non-hydrogen) atoms. The van der Waals surface area contributed by atoms with Crippen LogP contribution in [0.3, 0.4) is 0 Å². The average Bonchev–Trinajstić information content (AvgIpc) is 3.28. The van der Waals surface area contributed by atoms with Crippen molar-refractivity contribution in [3.63, 3.8) is 0 Å². The quantitative estimate of drug-likeness (QED) is 0.479. The number of hydrogen-bond acceptors (Lipinski definition) is 6. The highest BCUT2D eigenvalue weighted by molar-refractivity contribution is 6.12. The number of phenols is 1. The van der Waals surface area contributed by atoms with Crippen molar-refractivity contribution in [3.05, 3.63) is 41.5 Å². The monoisotopic (exact) mass is 467 g/mol. The Kier molecular flexibility index (Phi) is 6.79. The number of rotatable bonds is 5. The minimum Gasteiger partial charge on any atom is -0.508 e. The van der Waals surface area contributed by atoms with Crippen LogP contribution in [0.25, 0.3) is 21.5 Å². The van der Waals surface area contributed by atoms with Gasteiger partial charge in [-0.15, -0.1) is 0 Å². The second-order valence-electron chi connectivity index (χ2n) is 8.70. The molecular weight excluding hydrogens is 438 g/mol. The molecule has 2 heterocycles. The number of methoxy groups -OCH3 is 2. The Morgan fingerprint density at radius 1 is 0.912 bits per heavy atom. The molecule has 0 radical (unpaired) electrons. The predicted molar refractivity (Wildman–Crippen MR) is 128 cm³/mol. The zero-order valence-corrected chi connectivity index (χ0v) is 19.3. The van der Waals surface area contributed by atoms with Crippen LogP contribution in [-0.2, 0) is 22.6 Å². The molecule has 3 aromatic rings. The Hall–Kier alpha value is -3.52. The maximum absolute atomic E-state index is 10.1. The third-order valence-electron chi connectivity index (χ3n) is 6.68. The van der Waals surface area contributed by atoms with Gasteiger partial charge in [0.1, 0.15) is 5.75 Å². The van der Waals surface area contributed by atoms with Crippen molar-refractivity contribution < 1.29 is 34.4 Å². The molecule has 5 rings (SSSR count). The second kappa shape index (κ2) is 9.77. The second-order valence-corrected chi connectivity index (χ2v) is 8.70. The van der Waals surface area contributed by atoms with Gasteiger partial charge in [0.05, 0.1) is 27.1 Å². The molecule has 0 saturated carbocycles. The van der Waals surface area contributed by atoms with Crippen molar-refractivity contribution in [1.82, 2.24) is 4.90 Å². The Morgan fingerprint density at radius 2 is 1.53 bits per heavy atom. The van der Waals surface area contributed by atoms with Crippen LogP contribution >= 0.6 is 0 Å². The Balaban J connectivity index is 0.000000297. The maximum atomic E-state index is 10.1. The number of carbonyl (C=O) groups is 2. The van der Waals surface area contributed by atoms with Gasteiger partial charge in [-0.25, -0.2) is 0 Å². The van der Waals surface area contributed by atoms with Gasteiger partial charge < -0.3 is 24.8 Å². The summed E-state index contributed by atoms with van der Waals surface area (Å²) in [5.74, 6) is -0.373. The molecule has 0 unspecified atom stereocenters. The van der Waals surface area contributed by atoms with Gasteiger partial charge in [0.25, 0.3) is 0 Å². The van der Waals surface area contributed by atoms with Crippen LogP contribution in [0.15, 0.2) is 30.3 Å². The largest absolute Gasteiger partial charge is 0.508 e. The molecule has 180 valence electrons. The lowest BCUT2D eigenvalue weighted by atomic mass is 9.85. The minimum absolute atomic E-state index is 0.295. The van der Waals surface area contributed by atoms with Gasteiger partial charge in [-0.3, -0.25) is 14.5 Å². The smallest absolute Gasteiger partial charge is 0.303 e. The fraction of sp³-hybridized carbons (Fsp3) is 0.385. The van der Waals surface area contributed by atoms with Crippen molar-refractivity contribution in [3.8, 4) is 17.2 Å². The van der Waals surface area contributed by atoms with Gasteiger partial charge in [-0.1, -0.05) is 6.07 Å². The minimum atomic E-state index is -1.08. The van der Waals surface area contributed by atoms with Crippen LogP contribution in [0.2, 0.25) is 0 Å². The summed E-state index contributed by atoms with van der Waals surface area (Å²) in [7, 11) is 3.35. The van der Waals surface area contributed by atoms with E-state index in [4.69, 9.17) is 19.7 Å². The van der Waals surface area contributed by atoms with Crippen molar-refractivity contribution >= 4 is 33.5 Å². The van der Waals surface area contributed by atoms with E-state index in [9.17, 15) is 14.7 Å². The number of nitrogens with zero attached hydrogens (tertiary/aromatic N) is 1. The number of hydrogen-bond donors (Lipinski definition) is 3. The van der Waals surface area contributed by atoms with Crippen LogP contribution in [0, 0.1) is 0 Å². The number of aliphatic carboxylic acids is 2. The fourth-order valence-corrected chi connectivity index (χ4v) is 5.10. The lowest BCUT2D eigenvalue weighted by Gasteiger charge is -2.33. The molecule has 0 bridgehead atoms. The number of carboxylic acids is 2. The maximum Gasteiger partial charge on any atom is 0.303 e. The fourth-order valence-electron chi connectivity index (χ4n) is 5.10. The number of ether oxygens (including phenoxy) is 2. The highest BCUT2D eigenvalue weighted by atomic mass is 16.5. The topological polar surface area (TPSA) is 117 Å². The van der Waals surface area contributed by atoms with Crippen molar-refractivity contribution in [2.45, 2.75) is 44.7 Å². The first kappa shape index (κ1) is 23.6. The highest BCUT2D eigenvalue weighted by Crippen LogP contribution is 2.44. The lowest BCUT2D eigenvalue weighted by Crippen LogP contribution is -2.35. The van der Waals surface area contributed by atoms with Crippen molar-refractivity contribution in [1.29, 1.82) is 0 Å². The zero-order valence-electron chi connectivity index (χ0n) is 19.3. The van der Waals surface area contributed by atoms with E-state index in [0.29, 0.717) is 11.8 Å². The van der Waals surface area contributed by atoms with Gasteiger partial charge in [-0.05, 0) is 82.7 Å². The summed E-state index contributed by atoms with van der Waals surface area (Å²) in [4.78, 5) is 21.9. The number of phenolic OH excluding ortho intramolecular Hbond substituents is 1. The standard InChI is InChI=1S/C22H23NO3.C4H6O4/c1-25-21-10-18-16-8-13-4-3-7-23(13)12-20(16)15-6-5-14(24)9-17(15)19(18)11-22(21)26-2;5-3(6)1-2-4(7)8/h5-6,9-11,13,24H,3-4,7-8,12H2,1-2H3;1-2H2,(H,5,6)(H,7,8)/t13-;/m0./s1. The molecule has 1 atom stereocenters. The lowest BCUT2D eigenvalue weighted by molar-refractivity contribution is -0.143. The molecule has 1 fully saturated rings. The number of fused-ring (bicyclic) bond motifs is 7. The highest BCUT2D eigenvalue weighted by Gasteiger charge is 2.32. The molecule has 2 aliphatic heterocycles. The molecule has 0 aromatic heterocycles. The summed E-state index contributed by atoms with van der Waals surface area (Å²) in [6.45, 7) is 2.18. The Labute approximate surface area is 197 Å². The third kappa shape index (κ3) is 4.59. The molecular formula is C26H29NO7. The first-order chi connectivity index (χ1) is 16.3. The summed E-state index contributed by atoms with van der Waals surface area (Å²) < 4.78 is 11.1. The van der Waals surface area contributed by atoms with Crippen LogP contribution in [-0.4, -0.2) is 59.0 Å². The number of aromatic hydroxyl groups is 1. The van der Waals surface area contributed by atoms with Crippen molar-refractivity contribution in [2.75, 3.05) is 20.8 Å². The summed E-state index contributed by atoms with van der Waals surface area (Å²) >= 11 is 0. The molecule has 8 heteroatoms. The summed E-state index contributed by atoms with van der Waals surface area (Å²) in [5, 5.41) is 30.6. The summed E-state index contributed by atoms with van der Waals surface area (Å²) in [6, 6.07) is 10.5. The van der Waals surface area contributed by atoms with E-state index in [0.717, 1.165) is 35.2 Å². The third-order valence-corrected chi connectivity index (χ3v) is 6.68. The van der Waals surface area contributed by atoms with Crippen LogP contribution in [0.5, 0.6) is 17.2 Å². The van der Waals surface area contributed by atoms with E-state index in [1.807, 2.05) is 6.07 Å². The van der Waals surface area contributed by atoms with Crippen LogP contribution in [0.1, 0.15) is 36.8 Å². The average molecular weight is 468 g/mol. The molecule has 2 aliphatic rings. The molecule has 0 spiro atoms. The normalized spacial score (nSPS) is 16.9. The van der Waals surface area contributed by atoms with Gasteiger partial charge in [0.2, 0.25) is 0 Å². The molecule has 0 amide bonds. The predicted octanol–water partition coefficient (Wildman–Crippen LogP) is 4.17. The van der Waals surface area contributed by atoms with E-state index >= 15 is 0 Å². The van der Waals surface area contributed by atoms with Crippen LogP contribution < -0.4 is 9.47 Å². The van der Waals surface area contributed by atoms with E-state index in [2.05, 4.69) is 23.1 Å². The molecule has 3 aromatic carbocycles. The van der Waals surface area contributed by atoms with Gasteiger partial charge in [0, 0.05) is 12.6 Å². The first-order valence-electron chi connectivity index (χ1n) is 11.3. The Bertz CT molecular complexity index is 1240. The molecule has 8 nitrogen and oxygen atoms in total. The van der Waals surface area contributed by atoms with Gasteiger partial charge in [-0.2, -0.15) is 0 Å². The van der Waals surface area contributed by atoms with Gasteiger partial charge in [0.15, 0.2) is 11.5 Å². The zero-order chi connectivity index (χ0) is 24.4. The van der Waals surface area contributed by atoms with E-state index < -0.39 is 11.9 Å². The molecule has 3 N–H and O–H groups in total. The number of benzene rings is 3. The van der Waals surface area contributed by atoms with Gasteiger partial charge >= 0.3 is 11.9 Å². The molecule has 0 aliphatic carbocycles. The van der Waals surface area contributed by atoms with E-state index in [1.54, 1.807) is 20.3 Å². The van der Waals surface area contributed by atoms with Crippen molar-refractivity contribution in [2.24, 2.45) is 0 Å². The summed E-state index contributed by atoms with van der Waals surface area (Å²) in [6.07, 6.45) is 3.05. The summed E-state index contributed by atoms with van der Waals surface area (Å²) in [5.41, 5.74) is 2.83. The van der Waals surface area contributed by atoms with Crippen LogP contribution in [0.4, 0.5) is 0 Å². The first-order valence-corrected chi connectivity index (χ1v) is 11.3. The Morgan fingerprint density at radius 3 is 2.15 bits per heavy atom.